The van der Waals surface area contributed by atoms with Gasteiger partial charge in [0.15, 0.2) is 6.10 Å². The van der Waals surface area contributed by atoms with Gasteiger partial charge in [-0.25, -0.2) is 0 Å². The van der Waals surface area contributed by atoms with Crippen LogP contribution in [0, 0.1) is 0 Å². The minimum Gasteiger partial charge on any atom is -0.494 e. The fraction of sp³-hybridized carbons (Fsp3) is 0.375. The molecular formula is C16H17F3O2. The number of fused-ring (bicyclic) bond motifs is 1. The first-order valence-corrected chi connectivity index (χ1v) is 6.83. The van der Waals surface area contributed by atoms with Crippen molar-refractivity contribution in [1.82, 2.24) is 0 Å². The fourth-order valence-corrected chi connectivity index (χ4v) is 2.13. The number of aliphatic hydroxyl groups excluding tert-OH is 1. The van der Waals surface area contributed by atoms with Gasteiger partial charge in [-0.1, -0.05) is 37.6 Å². The number of hydrogen-bond donors (Lipinski definition) is 1. The molecule has 1 N–H and O–H groups in total. The maximum Gasteiger partial charge on any atom is 0.418 e. The van der Waals surface area contributed by atoms with Crippen LogP contribution >= 0.6 is 0 Å². The Bertz CT molecular complexity index is 608. The molecule has 2 aromatic rings. The van der Waals surface area contributed by atoms with Crippen LogP contribution in [0.15, 0.2) is 36.4 Å². The summed E-state index contributed by atoms with van der Waals surface area (Å²) < 4.78 is 43.9. The molecule has 2 nitrogen and oxygen atoms in total. The summed E-state index contributed by atoms with van der Waals surface area (Å²) in [6.07, 6.45) is -5.46. The summed E-state index contributed by atoms with van der Waals surface area (Å²) in [4.78, 5) is 0. The molecule has 0 fully saturated rings. The van der Waals surface area contributed by atoms with Gasteiger partial charge in [0.2, 0.25) is 0 Å². The number of halogens is 3. The van der Waals surface area contributed by atoms with Crippen LogP contribution in [-0.2, 0) is 0 Å². The molecule has 0 aliphatic rings. The van der Waals surface area contributed by atoms with Crippen molar-refractivity contribution in [3.05, 3.63) is 42.0 Å². The Morgan fingerprint density at radius 3 is 2.57 bits per heavy atom. The van der Waals surface area contributed by atoms with Gasteiger partial charge < -0.3 is 9.84 Å². The molecule has 0 aromatic heterocycles. The van der Waals surface area contributed by atoms with Gasteiger partial charge in [0, 0.05) is 5.56 Å². The molecular weight excluding hydrogens is 281 g/mol. The molecule has 0 spiro atoms. The second-order valence-electron chi connectivity index (χ2n) is 4.88. The van der Waals surface area contributed by atoms with E-state index in [9.17, 15) is 18.3 Å². The van der Waals surface area contributed by atoms with E-state index in [1.165, 1.54) is 6.07 Å². The molecule has 0 saturated carbocycles. The number of hydrogen-bond acceptors (Lipinski definition) is 2. The molecule has 0 bridgehead atoms. The highest BCUT2D eigenvalue weighted by molar-refractivity contribution is 5.87. The van der Waals surface area contributed by atoms with E-state index in [4.69, 9.17) is 4.74 Å². The average Bonchev–Trinajstić information content (AvgIpc) is 2.45. The lowest BCUT2D eigenvalue weighted by Crippen LogP contribution is -2.20. The fourth-order valence-electron chi connectivity index (χ4n) is 2.13. The number of benzene rings is 2. The minimum absolute atomic E-state index is 0.174. The Morgan fingerprint density at radius 1 is 1.19 bits per heavy atom. The zero-order chi connectivity index (χ0) is 15.5. The van der Waals surface area contributed by atoms with Crippen molar-refractivity contribution < 1.29 is 23.0 Å². The van der Waals surface area contributed by atoms with Gasteiger partial charge in [-0.05, 0) is 29.3 Å². The summed E-state index contributed by atoms with van der Waals surface area (Å²) in [6, 6.07) is 9.62. The third-order valence-electron chi connectivity index (χ3n) is 3.24. The molecule has 2 rings (SSSR count). The van der Waals surface area contributed by atoms with Crippen LogP contribution in [0.1, 0.15) is 31.4 Å². The third kappa shape index (κ3) is 3.67. The van der Waals surface area contributed by atoms with Crippen LogP contribution in [0.4, 0.5) is 13.2 Å². The minimum atomic E-state index is -4.70. The molecule has 2 aromatic carbocycles. The first-order valence-electron chi connectivity index (χ1n) is 6.83. The summed E-state index contributed by atoms with van der Waals surface area (Å²) in [5, 5.41) is 10.6. The van der Waals surface area contributed by atoms with E-state index in [0.717, 1.165) is 12.8 Å². The molecule has 0 aliphatic heterocycles. The number of ether oxygens (including phenoxy) is 1. The first-order chi connectivity index (χ1) is 9.93. The van der Waals surface area contributed by atoms with Crippen LogP contribution in [-0.4, -0.2) is 17.9 Å². The molecule has 0 heterocycles. The van der Waals surface area contributed by atoms with Gasteiger partial charge in [-0.3, -0.25) is 0 Å². The van der Waals surface area contributed by atoms with Gasteiger partial charge in [-0.15, -0.1) is 0 Å². The Balaban J connectivity index is 2.45. The Morgan fingerprint density at radius 2 is 1.90 bits per heavy atom. The molecule has 114 valence electrons. The van der Waals surface area contributed by atoms with Crippen molar-refractivity contribution in [3.8, 4) is 5.75 Å². The van der Waals surface area contributed by atoms with Gasteiger partial charge in [-0.2, -0.15) is 13.2 Å². The highest BCUT2D eigenvalue weighted by Crippen LogP contribution is 2.38. The molecule has 0 radical (unpaired) electrons. The highest BCUT2D eigenvalue weighted by Gasteiger charge is 2.40. The summed E-state index contributed by atoms with van der Waals surface area (Å²) >= 11 is 0. The monoisotopic (exact) mass is 298 g/mol. The predicted octanol–water partition coefficient (Wildman–Crippen LogP) is 4.61. The Labute approximate surface area is 121 Å². The maximum absolute atomic E-state index is 12.8. The number of rotatable bonds is 5. The number of aliphatic hydroxyl groups is 1. The van der Waals surface area contributed by atoms with E-state index < -0.39 is 12.3 Å². The largest absolute Gasteiger partial charge is 0.494 e. The topological polar surface area (TPSA) is 29.5 Å². The van der Waals surface area contributed by atoms with E-state index >= 15 is 0 Å². The van der Waals surface area contributed by atoms with E-state index in [1.807, 2.05) is 6.92 Å². The van der Waals surface area contributed by atoms with Crippen molar-refractivity contribution >= 4 is 10.8 Å². The smallest absolute Gasteiger partial charge is 0.418 e. The second kappa shape index (κ2) is 6.35. The molecule has 1 unspecified atom stereocenters. The maximum atomic E-state index is 12.8. The standard InChI is InChI=1S/C16H17F3O2/c1-2-3-8-21-12-9-11-6-4-5-7-13(11)14(10-12)15(20)16(17,18)19/h4-7,9-10,15,20H,2-3,8H2,1H3. The van der Waals surface area contributed by atoms with Crippen molar-refractivity contribution in [2.45, 2.75) is 32.0 Å². The lowest BCUT2D eigenvalue weighted by atomic mass is 9.99. The molecule has 0 aliphatic carbocycles. The quantitative estimate of drug-likeness (QED) is 0.816. The van der Waals surface area contributed by atoms with Gasteiger partial charge in [0.1, 0.15) is 5.75 Å². The molecule has 21 heavy (non-hydrogen) atoms. The average molecular weight is 298 g/mol. The molecule has 1 atom stereocenters. The first kappa shape index (κ1) is 15.6. The van der Waals surface area contributed by atoms with Crippen molar-refractivity contribution in [1.29, 1.82) is 0 Å². The number of unbranched alkanes of at least 4 members (excludes halogenated alkanes) is 1. The highest BCUT2D eigenvalue weighted by atomic mass is 19.4. The summed E-state index contributed by atoms with van der Waals surface area (Å²) in [6.45, 7) is 2.44. The normalized spacial score (nSPS) is 13.4. The van der Waals surface area contributed by atoms with Gasteiger partial charge in [0.05, 0.1) is 6.61 Å². The second-order valence-corrected chi connectivity index (χ2v) is 4.88. The molecule has 0 saturated heterocycles. The van der Waals surface area contributed by atoms with Crippen LogP contribution in [0.5, 0.6) is 5.75 Å². The predicted molar refractivity (Wildman–Crippen MR) is 75.4 cm³/mol. The summed E-state index contributed by atoms with van der Waals surface area (Å²) in [5.41, 5.74) is -0.174. The zero-order valence-corrected chi connectivity index (χ0v) is 11.7. The van der Waals surface area contributed by atoms with Gasteiger partial charge >= 0.3 is 6.18 Å². The molecule has 5 heteroatoms. The van der Waals surface area contributed by atoms with Crippen LogP contribution < -0.4 is 4.74 Å². The Hall–Kier alpha value is -1.75. The van der Waals surface area contributed by atoms with E-state index in [1.54, 1.807) is 30.3 Å². The van der Waals surface area contributed by atoms with Crippen LogP contribution in [0.25, 0.3) is 10.8 Å². The number of alkyl halides is 3. The zero-order valence-electron chi connectivity index (χ0n) is 11.7. The van der Waals surface area contributed by atoms with E-state index in [2.05, 4.69) is 0 Å². The summed E-state index contributed by atoms with van der Waals surface area (Å²) in [7, 11) is 0. The lowest BCUT2D eigenvalue weighted by Gasteiger charge is -2.18. The van der Waals surface area contributed by atoms with Crippen LogP contribution in [0.3, 0.4) is 0 Å². The summed E-state index contributed by atoms with van der Waals surface area (Å²) in [5.74, 6) is 0.348. The van der Waals surface area contributed by atoms with E-state index in [0.29, 0.717) is 23.1 Å². The van der Waals surface area contributed by atoms with Crippen molar-refractivity contribution in [3.63, 3.8) is 0 Å². The molecule has 0 amide bonds. The van der Waals surface area contributed by atoms with Crippen molar-refractivity contribution in [2.24, 2.45) is 0 Å². The lowest BCUT2D eigenvalue weighted by molar-refractivity contribution is -0.206. The Kier molecular flexibility index (Phi) is 4.73. The van der Waals surface area contributed by atoms with Crippen molar-refractivity contribution in [2.75, 3.05) is 6.61 Å². The van der Waals surface area contributed by atoms with E-state index in [-0.39, 0.29) is 5.56 Å². The van der Waals surface area contributed by atoms with Gasteiger partial charge in [0.25, 0.3) is 0 Å². The SMILES string of the molecule is CCCCOc1cc(C(O)C(F)(F)F)c2ccccc2c1. The van der Waals surface area contributed by atoms with Crippen LogP contribution in [0.2, 0.25) is 0 Å². The third-order valence-corrected chi connectivity index (χ3v) is 3.24.